The summed E-state index contributed by atoms with van der Waals surface area (Å²) in [5.74, 6) is 1.43. The maximum atomic E-state index is 12.4. The standard InChI is InChI=1S/C25H34N2O4/c1-25(2,3)31-24(28)27-16-8-12-21(18-27)19-30-22-14-7-15-26-23(22)29-17-9-13-20-10-5-4-6-11-20/h4-7,10-11,14-15,21H,8-9,12-13,16-19H2,1-3H3/t21-/m0/s1. The Morgan fingerprint density at radius 2 is 1.94 bits per heavy atom. The minimum Gasteiger partial charge on any atom is -0.488 e. The van der Waals surface area contributed by atoms with Gasteiger partial charge in [0, 0.05) is 25.2 Å². The predicted octanol–water partition coefficient (Wildman–Crippen LogP) is 5.12. The van der Waals surface area contributed by atoms with E-state index in [0.29, 0.717) is 31.4 Å². The largest absolute Gasteiger partial charge is 0.488 e. The Bertz CT molecular complexity index is 820. The highest BCUT2D eigenvalue weighted by Crippen LogP contribution is 2.26. The SMILES string of the molecule is CC(C)(C)OC(=O)N1CCC[C@H](COc2cccnc2OCCCc2ccccc2)C1. The number of carbonyl (C=O) groups excluding carboxylic acids is 1. The number of hydrogen-bond acceptors (Lipinski definition) is 5. The first-order valence-electron chi connectivity index (χ1n) is 11.1. The van der Waals surface area contributed by atoms with Crippen LogP contribution in [0.25, 0.3) is 0 Å². The van der Waals surface area contributed by atoms with Gasteiger partial charge in [-0.2, -0.15) is 0 Å². The molecule has 168 valence electrons. The highest BCUT2D eigenvalue weighted by molar-refractivity contribution is 5.68. The smallest absolute Gasteiger partial charge is 0.410 e. The Hall–Kier alpha value is -2.76. The zero-order valence-electron chi connectivity index (χ0n) is 18.9. The van der Waals surface area contributed by atoms with Crippen LogP contribution in [0.5, 0.6) is 11.6 Å². The number of piperidine rings is 1. The zero-order chi connectivity index (χ0) is 22.1. The van der Waals surface area contributed by atoms with Crippen LogP contribution in [0.3, 0.4) is 0 Å². The van der Waals surface area contributed by atoms with Crippen LogP contribution in [0.4, 0.5) is 4.79 Å². The highest BCUT2D eigenvalue weighted by atomic mass is 16.6. The molecule has 3 rings (SSSR count). The van der Waals surface area contributed by atoms with Gasteiger partial charge in [0.1, 0.15) is 5.60 Å². The van der Waals surface area contributed by atoms with Crippen LogP contribution in [0.2, 0.25) is 0 Å². The van der Waals surface area contributed by atoms with Gasteiger partial charge in [-0.05, 0) is 64.2 Å². The normalized spacial score (nSPS) is 16.6. The van der Waals surface area contributed by atoms with Crippen LogP contribution in [-0.2, 0) is 11.2 Å². The van der Waals surface area contributed by atoms with E-state index in [0.717, 1.165) is 32.2 Å². The lowest BCUT2D eigenvalue weighted by molar-refractivity contribution is 0.0138. The first kappa shape index (κ1) is 22.9. The van der Waals surface area contributed by atoms with Crippen LogP contribution in [-0.4, -0.2) is 47.9 Å². The molecule has 0 aliphatic carbocycles. The Kier molecular flexibility index (Phi) is 8.15. The summed E-state index contributed by atoms with van der Waals surface area (Å²) in [6, 6.07) is 14.1. The second-order valence-corrected chi connectivity index (χ2v) is 8.99. The number of ether oxygens (including phenoxy) is 3. The molecular formula is C25H34N2O4. The number of benzene rings is 1. The van der Waals surface area contributed by atoms with E-state index in [1.54, 1.807) is 11.1 Å². The third-order valence-electron chi connectivity index (χ3n) is 5.07. The van der Waals surface area contributed by atoms with Crippen molar-refractivity contribution >= 4 is 6.09 Å². The molecular weight excluding hydrogens is 392 g/mol. The molecule has 1 aromatic carbocycles. The summed E-state index contributed by atoms with van der Waals surface area (Å²) in [4.78, 5) is 18.5. The molecule has 2 aromatic rings. The zero-order valence-corrected chi connectivity index (χ0v) is 18.9. The summed E-state index contributed by atoms with van der Waals surface area (Å²) in [6.45, 7) is 8.14. The van der Waals surface area contributed by atoms with E-state index in [9.17, 15) is 4.79 Å². The van der Waals surface area contributed by atoms with Gasteiger partial charge in [-0.3, -0.25) is 0 Å². The number of pyridine rings is 1. The summed E-state index contributed by atoms with van der Waals surface area (Å²) in [5, 5.41) is 0. The van der Waals surface area contributed by atoms with E-state index in [1.165, 1.54) is 5.56 Å². The van der Waals surface area contributed by atoms with E-state index in [4.69, 9.17) is 14.2 Å². The molecule has 6 heteroatoms. The fourth-order valence-electron chi connectivity index (χ4n) is 3.59. The Morgan fingerprint density at radius 3 is 2.71 bits per heavy atom. The van der Waals surface area contributed by atoms with E-state index in [2.05, 4.69) is 29.2 Å². The van der Waals surface area contributed by atoms with Gasteiger partial charge in [0.05, 0.1) is 13.2 Å². The van der Waals surface area contributed by atoms with Gasteiger partial charge in [-0.15, -0.1) is 0 Å². The third-order valence-corrected chi connectivity index (χ3v) is 5.07. The first-order valence-corrected chi connectivity index (χ1v) is 11.1. The molecule has 2 heterocycles. The molecule has 6 nitrogen and oxygen atoms in total. The second kappa shape index (κ2) is 11.0. The van der Waals surface area contributed by atoms with Gasteiger partial charge in [0.15, 0.2) is 5.75 Å². The molecule has 0 saturated carbocycles. The predicted molar refractivity (Wildman–Crippen MR) is 121 cm³/mol. The average molecular weight is 427 g/mol. The number of aromatic nitrogens is 1. The number of rotatable bonds is 8. The number of hydrogen-bond donors (Lipinski definition) is 0. The van der Waals surface area contributed by atoms with Crippen molar-refractivity contribution in [3.05, 3.63) is 54.2 Å². The Labute approximate surface area is 185 Å². The van der Waals surface area contributed by atoms with Crippen molar-refractivity contribution in [2.75, 3.05) is 26.3 Å². The first-order chi connectivity index (χ1) is 14.9. The van der Waals surface area contributed by atoms with Crippen molar-refractivity contribution in [3.8, 4) is 11.6 Å². The van der Waals surface area contributed by atoms with Crippen molar-refractivity contribution < 1.29 is 19.0 Å². The van der Waals surface area contributed by atoms with E-state index >= 15 is 0 Å². The minimum atomic E-state index is -0.483. The van der Waals surface area contributed by atoms with E-state index in [-0.39, 0.29) is 12.0 Å². The molecule has 31 heavy (non-hydrogen) atoms. The Balaban J connectivity index is 1.46. The molecule has 0 radical (unpaired) electrons. The lowest BCUT2D eigenvalue weighted by atomic mass is 9.99. The molecule has 1 atom stereocenters. The quantitative estimate of drug-likeness (QED) is 0.548. The molecule has 1 aliphatic rings. The van der Waals surface area contributed by atoms with Crippen molar-refractivity contribution in [1.82, 2.24) is 9.88 Å². The molecule has 0 N–H and O–H groups in total. The monoisotopic (exact) mass is 426 g/mol. The van der Waals surface area contributed by atoms with Crippen molar-refractivity contribution in [2.24, 2.45) is 5.92 Å². The maximum Gasteiger partial charge on any atom is 0.410 e. The lowest BCUT2D eigenvalue weighted by Gasteiger charge is -2.34. The van der Waals surface area contributed by atoms with Gasteiger partial charge in [0.2, 0.25) is 0 Å². The number of aryl methyl sites for hydroxylation is 1. The summed E-state index contributed by atoms with van der Waals surface area (Å²) >= 11 is 0. The van der Waals surface area contributed by atoms with E-state index < -0.39 is 5.60 Å². The van der Waals surface area contributed by atoms with Gasteiger partial charge in [-0.25, -0.2) is 9.78 Å². The highest BCUT2D eigenvalue weighted by Gasteiger charge is 2.28. The summed E-state index contributed by atoms with van der Waals surface area (Å²) < 4.78 is 17.5. The molecule has 1 amide bonds. The van der Waals surface area contributed by atoms with Crippen molar-refractivity contribution in [1.29, 1.82) is 0 Å². The molecule has 0 spiro atoms. The molecule has 1 fully saturated rings. The molecule has 0 unspecified atom stereocenters. The third kappa shape index (κ3) is 7.78. The average Bonchev–Trinajstić information content (AvgIpc) is 2.76. The minimum absolute atomic E-state index is 0.249. The molecule has 1 saturated heterocycles. The summed E-state index contributed by atoms with van der Waals surface area (Å²) in [6.07, 6.45) is 5.31. The second-order valence-electron chi connectivity index (χ2n) is 8.99. The van der Waals surface area contributed by atoms with Gasteiger partial charge in [0.25, 0.3) is 5.88 Å². The topological polar surface area (TPSA) is 60.9 Å². The van der Waals surface area contributed by atoms with Crippen LogP contribution in [0, 0.1) is 5.92 Å². The van der Waals surface area contributed by atoms with Crippen LogP contribution in [0.1, 0.15) is 45.6 Å². The number of carbonyl (C=O) groups is 1. The fourth-order valence-corrected chi connectivity index (χ4v) is 3.59. The molecule has 1 aromatic heterocycles. The number of nitrogens with zero attached hydrogens (tertiary/aromatic N) is 2. The summed E-state index contributed by atoms with van der Waals surface area (Å²) in [5.41, 5.74) is 0.818. The molecule has 1 aliphatic heterocycles. The molecule has 0 bridgehead atoms. The van der Waals surface area contributed by atoms with Gasteiger partial charge in [-0.1, -0.05) is 30.3 Å². The fraction of sp³-hybridized carbons (Fsp3) is 0.520. The number of amides is 1. The van der Waals surface area contributed by atoms with E-state index in [1.807, 2.05) is 39.0 Å². The lowest BCUT2D eigenvalue weighted by Crippen LogP contribution is -2.44. The Morgan fingerprint density at radius 1 is 1.13 bits per heavy atom. The number of likely N-dealkylation sites (tertiary alicyclic amines) is 1. The maximum absolute atomic E-state index is 12.4. The van der Waals surface area contributed by atoms with Crippen LogP contribution < -0.4 is 9.47 Å². The van der Waals surface area contributed by atoms with Crippen LogP contribution >= 0.6 is 0 Å². The van der Waals surface area contributed by atoms with Crippen LogP contribution in [0.15, 0.2) is 48.7 Å². The van der Waals surface area contributed by atoms with Crippen molar-refractivity contribution in [3.63, 3.8) is 0 Å². The van der Waals surface area contributed by atoms with Gasteiger partial charge >= 0.3 is 6.09 Å². The van der Waals surface area contributed by atoms with Crippen molar-refractivity contribution in [2.45, 2.75) is 52.1 Å². The summed E-state index contributed by atoms with van der Waals surface area (Å²) in [7, 11) is 0. The van der Waals surface area contributed by atoms with Gasteiger partial charge < -0.3 is 19.1 Å².